The number of carbonyl (C=O) groups excluding carboxylic acids is 2. The summed E-state index contributed by atoms with van der Waals surface area (Å²) in [6, 6.07) is 12.3. The van der Waals surface area contributed by atoms with Crippen molar-refractivity contribution in [3.63, 3.8) is 0 Å². The Morgan fingerprint density at radius 1 is 1.00 bits per heavy atom. The lowest BCUT2D eigenvalue weighted by atomic mass is 10.1. The fraction of sp³-hybridized carbons (Fsp3) is 0.263. The van der Waals surface area contributed by atoms with Gasteiger partial charge in [-0.1, -0.05) is 12.1 Å². The molecule has 0 radical (unpaired) electrons. The first-order valence-corrected chi connectivity index (χ1v) is 8.38. The van der Waals surface area contributed by atoms with Crippen molar-refractivity contribution in [2.75, 3.05) is 43.5 Å². The van der Waals surface area contributed by atoms with Crippen molar-refractivity contribution < 1.29 is 18.7 Å². The molecule has 6 nitrogen and oxygen atoms in total. The summed E-state index contributed by atoms with van der Waals surface area (Å²) in [5.74, 6) is -0.938. The van der Waals surface area contributed by atoms with Crippen LogP contribution in [0.1, 0.15) is 10.4 Å². The van der Waals surface area contributed by atoms with Crippen LogP contribution in [0.5, 0.6) is 0 Å². The highest BCUT2D eigenvalue weighted by atomic mass is 19.1. The number of nitrogens with one attached hydrogen (secondary N) is 2. The van der Waals surface area contributed by atoms with Crippen molar-refractivity contribution in [3.05, 3.63) is 59.9 Å². The van der Waals surface area contributed by atoms with Gasteiger partial charge in [0, 0.05) is 18.8 Å². The predicted molar refractivity (Wildman–Crippen MR) is 96.7 cm³/mol. The summed E-state index contributed by atoms with van der Waals surface area (Å²) in [5, 5.41) is 5.49. The zero-order chi connectivity index (χ0) is 18.4. The topological polar surface area (TPSA) is 70.7 Å². The molecule has 1 aliphatic rings. The first-order chi connectivity index (χ1) is 12.6. The summed E-state index contributed by atoms with van der Waals surface area (Å²) in [5.41, 5.74) is 1.25. The van der Waals surface area contributed by atoms with E-state index in [4.69, 9.17) is 4.74 Å². The number of benzene rings is 2. The highest BCUT2D eigenvalue weighted by Crippen LogP contribution is 2.18. The SMILES string of the molecule is O=C(CN1CCOCC1)Nc1ccccc1C(=O)Nc1ccc(F)cc1. The maximum absolute atomic E-state index is 13.0. The van der Waals surface area contributed by atoms with Crippen LogP contribution in [0.3, 0.4) is 0 Å². The van der Waals surface area contributed by atoms with Crippen LogP contribution in [0, 0.1) is 5.82 Å². The van der Waals surface area contributed by atoms with Gasteiger partial charge in [-0.25, -0.2) is 4.39 Å². The van der Waals surface area contributed by atoms with E-state index in [2.05, 4.69) is 10.6 Å². The molecule has 2 N–H and O–H groups in total. The second-order valence-corrected chi connectivity index (χ2v) is 5.94. The molecule has 2 aromatic rings. The van der Waals surface area contributed by atoms with Crippen LogP contribution < -0.4 is 10.6 Å². The van der Waals surface area contributed by atoms with Gasteiger partial charge in [0.05, 0.1) is 31.0 Å². The van der Waals surface area contributed by atoms with Crippen molar-refractivity contribution in [1.29, 1.82) is 0 Å². The van der Waals surface area contributed by atoms with Crippen LogP contribution in [0.25, 0.3) is 0 Å². The van der Waals surface area contributed by atoms with Crippen LogP contribution >= 0.6 is 0 Å². The van der Waals surface area contributed by atoms with Crippen molar-refractivity contribution in [2.45, 2.75) is 0 Å². The van der Waals surface area contributed by atoms with Gasteiger partial charge >= 0.3 is 0 Å². The van der Waals surface area contributed by atoms with Gasteiger partial charge in [-0.3, -0.25) is 14.5 Å². The zero-order valence-electron chi connectivity index (χ0n) is 14.2. The molecule has 3 rings (SSSR count). The van der Waals surface area contributed by atoms with Gasteiger partial charge in [0.1, 0.15) is 5.82 Å². The lowest BCUT2D eigenvalue weighted by molar-refractivity contribution is -0.118. The number of rotatable bonds is 5. The smallest absolute Gasteiger partial charge is 0.257 e. The number of para-hydroxylation sites is 1. The first-order valence-electron chi connectivity index (χ1n) is 8.38. The molecule has 2 amide bonds. The summed E-state index contributed by atoms with van der Waals surface area (Å²) in [4.78, 5) is 26.8. The van der Waals surface area contributed by atoms with Gasteiger partial charge in [-0.05, 0) is 36.4 Å². The Morgan fingerprint density at radius 2 is 1.69 bits per heavy atom. The summed E-state index contributed by atoms with van der Waals surface area (Å²) >= 11 is 0. The predicted octanol–water partition coefficient (Wildman–Crippen LogP) is 2.35. The number of nitrogens with zero attached hydrogens (tertiary/aromatic N) is 1. The molecule has 0 bridgehead atoms. The fourth-order valence-corrected chi connectivity index (χ4v) is 2.67. The van der Waals surface area contributed by atoms with Crippen molar-refractivity contribution >= 4 is 23.2 Å². The minimum Gasteiger partial charge on any atom is -0.379 e. The van der Waals surface area contributed by atoms with Crippen molar-refractivity contribution in [3.8, 4) is 0 Å². The average molecular weight is 357 g/mol. The molecule has 0 saturated carbocycles. The molecule has 1 saturated heterocycles. The Morgan fingerprint density at radius 3 is 2.42 bits per heavy atom. The van der Waals surface area contributed by atoms with Crippen molar-refractivity contribution in [2.24, 2.45) is 0 Å². The monoisotopic (exact) mass is 357 g/mol. The lowest BCUT2D eigenvalue weighted by Crippen LogP contribution is -2.41. The molecule has 1 fully saturated rings. The van der Waals surface area contributed by atoms with E-state index >= 15 is 0 Å². The number of amides is 2. The van der Waals surface area contributed by atoms with E-state index in [1.165, 1.54) is 24.3 Å². The highest BCUT2D eigenvalue weighted by molar-refractivity contribution is 6.10. The van der Waals surface area contributed by atoms with Gasteiger partial charge in [0.15, 0.2) is 0 Å². The first kappa shape index (κ1) is 18.0. The van der Waals surface area contributed by atoms with E-state index in [0.29, 0.717) is 43.2 Å². The Hall–Kier alpha value is -2.77. The second-order valence-electron chi connectivity index (χ2n) is 5.94. The molecule has 1 heterocycles. The third-order valence-corrected chi connectivity index (χ3v) is 4.02. The molecule has 2 aromatic carbocycles. The summed E-state index contributed by atoms with van der Waals surface area (Å²) in [6.45, 7) is 2.89. The number of ether oxygens (including phenoxy) is 1. The van der Waals surface area contributed by atoms with E-state index in [1.54, 1.807) is 24.3 Å². The molecule has 7 heteroatoms. The minimum atomic E-state index is -0.376. The van der Waals surface area contributed by atoms with Crippen LogP contribution in [-0.2, 0) is 9.53 Å². The molecule has 0 atom stereocenters. The Kier molecular flexibility index (Phi) is 5.93. The van der Waals surface area contributed by atoms with Crippen LogP contribution in [0.2, 0.25) is 0 Å². The number of halogens is 1. The van der Waals surface area contributed by atoms with E-state index < -0.39 is 0 Å². The van der Waals surface area contributed by atoms with E-state index in [0.717, 1.165) is 0 Å². The van der Waals surface area contributed by atoms with Gasteiger partial charge in [0.25, 0.3) is 5.91 Å². The number of hydrogen-bond donors (Lipinski definition) is 2. The van der Waals surface area contributed by atoms with Gasteiger partial charge in [-0.2, -0.15) is 0 Å². The second kappa shape index (κ2) is 8.55. The lowest BCUT2D eigenvalue weighted by Gasteiger charge is -2.25. The number of morpholine rings is 1. The Balaban J connectivity index is 1.65. The molecular weight excluding hydrogens is 337 g/mol. The van der Waals surface area contributed by atoms with E-state index in [1.807, 2.05) is 4.90 Å². The maximum Gasteiger partial charge on any atom is 0.257 e. The van der Waals surface area contributed by atoms with Gasteiger partial charge in [0.2, 0.25) is 5.91 Å². The highest BCUT2D eigenvalue weighted by Gasteiger charge is 2.17. The van der Waals surface area contributed by atoms with Crippen LogP contribution in [0.15, 0.2) is 48.5 Å². The number of carbonyl (C=O) groups is 2. The Labute approximate surface area is 150 Å². The van der Waals surface area contributed by atoms with Gasteiger partial charge < -0.3 is 15.4 Å². The molecule has 0 aliphatic carbocycles. The zero-order valence-corrected chi connectivity index (χ0v) is 14.2. The summed E-state index contributed by atoms with van der Waals surface area (Å²) in [7, 11) is 0. The van der Waals surface area contributed by atoms with E-state index in [9.17, 15) is 14.0 Å². The maximum atomic E-state index is 13.0. The molecule has 0 unspecified atom stereocenters. The Bertz CT molecular complexity index is 774. The fourth-order valence-electron chi connectivity index (χ4n) is 2.67. The summed E-state index contributed by atoms with van der Waals surface area (Å²) < 4.78 is 18.2. The standard InChI is InChI=1S/C19H20FN3O3/c20-14-5-7-15(8-6-14)21-19(25)16-3-1-2-4-17(16)22-18(24)13-23-9-11-26-12-10-23/h1-8H,9-13H2,(H,21,25)(H,22,24). The third kappa shape index (κ3) is 4.87. The van der Waals surface area contributed by atoms with Gasteiger partial charge in [-0.15, -0.1) is 0 Å². The third-order valence-electron chi connectivity index (χ3n) is 4.02. The van der Waals surface area contributed by atoms with Crippen molar-refractivity contribution in [1.82, 2.24) is 4.90 Å². The number of hydrogen-bond acceptors (Lipinski definition) is 4. The molecule has 136 valence electrons. The molecular formula is C19H20FN3O3. The van der Waals surface area contributed by atoms with Crippen LogP contribution in [-0.4, -0.2) is 49.6 Å². The summed E-state index contributed by atoms with van der Waals surface area (Å²) in [6.07, 6.45) is 0. The quantitative estimate of drug-likeness (QED) is 0.862. The van der Waals surface area contributed by atoms with E-state index in [-0.39, 0.29) is 24.2 Å². The van der Waals surface area contributed by atoms with Crippen LogP contribution in [0.4, 0.5) is 15.8 Å². The molecule has 26 heavy (non-hydrogen) atoms. The molecule has 0 spiro atoms. The number of anilines is 2. The largest absolute Gasteiger partial charge is 0.379 e. The normalized spacial score (nSPS) is 14.7. The molecule has 1 aliphatic heterocycles. The minimum absolute atomic E-state index is 0.186. The molecule has 0 aromatic heterocycles. The average Bonchev–Trinajstić information content (AvgIpc) is 2.65.